The van der Waals surface area contributed by atoms with Gasteiger partial charge in [-0.25, -0.2) is 0 Å². The first-order valence-electron chi connectivity index (χ1n) is 7.38. The number of benzene rings is 2. The fourth-order valence-corrected chi connectivity index (χ4v) is 3.16. The van der Waals surface area contributed by atoms with E-state index < -0.39 is 0 Å². The second-order valence-corrected chi connectivity index (χ2v) is 6.41. The lowest BCUT2D eigenvalue weighted by Crippen LogP contribution is -2.27. The molecule has 24 heavy (non-hydrogen) atoms. The standard InChI is InChI=1S/C18H16Cl2N2O2/c1-10-6-7-14-11(8-10)12(9-23)17(21-14)18(24)22(2)15-5-3-4-13(19)16(15)20/h3-8,21,23H,9H2,1-2H3. The number of fused-ring (bicyclic) bond motifs is 1. The molecule has 0 bridgehead atoms. The number of anilines is 1. The second-order valence-electron chi connectivity index (χ2n) is 5.62. The van der Waals surface area contributed by atoms with Gasteiger partial charge in [0.15, 0.2) is 0 Å². The highest BCUT2D eigenvalue weighted by atomic mass is 35.5. The van der Waals surface area contributed by atoms with Gasteiger partial charge in [-0.2, -0.15) is 0 Å². The highest BCUT2D eigenvalue weighted by Crippen LogP contribution is 2.33. The monoisotopic (exact) mass is 362 g/mol. The van der Waals surface area contributed by atoms with Crippen LogP contribution >= 0.6 is 23.2 Å². The molecule has 2 aromatic carbocycles. The minimum atomic E-state index is -0.294. The Morgan fingerprint density at radius 1 is 1.25 bits per heavy atom. The number of carbonyl (C=O) groups excluding carboxylic acids is 1. The lowest BCUT2D eigenvalue weighted by molar-refractivity contribution is 0.0986. The van der Waals surface area contributed by atoms with E-state index in [1.165, 1.54) is 4.90 Å². The molecule has 1 amide bonds. The van der Waals surface area contributed by atoms with Crippen molar-refractivity contribution in [2.75, 3.05) is 11.9 Å². The Labute approximate surface area is 149 Å². The molecule has 0 spiro atoms. The number of rotatable bonds is 3. The van der Waals surface area contributed by atoms with Gasteiger partial charge < -0.3 is 15.0 Å². The molecule has 0 radical (unpaired) electrons. The van der Waals surface area contributed by atoms with Gasteiger partial charge in [0.25, 0.3) is 5.91 Å². The summed E-state index contributed by atoms with van der Waals surface area (Å²) in [6, 6.07) is 10.9. The van der Waals surface area contributed by atoms with Crippen molar-refractivity contribution in [3.63, 3.8) is 0 Å². The minimum Gasteiger partial charge on any atom is -0.392 e. The van der Waals surface area contributed by atoms with Crippen molar-refractivity contribution < 1.29 is 9.90 Å². The van der Waals surface area contributed by atoms with Gasteiger partial charge in [0.1, 0.15) is 5.69 Å². The molecule has 124 valence electrons. The summed E-state index contributed by atoms with van der Waals surface area (Å²) in [6.07, 6.45) is 0. The number of nitrogens with zero attached hydrogens (tertiary/aromatic N) is 1. The second kappa shape index (κ2) is 6.48. The first-order chi connectivity index (χ1) is 11.4. The Bertz CT molecular complexity index is 934. The van der Waals surface area contributed by atoms with Crippen LogP contribution in [0.25, 0.3) is 10.9 Å². The van der Waals surface area contributed by atoms with Crippen LogP contribution in [-0.4, -0.2) is 23.0 Å². The quantitative estimate of drug-likeness (QED) is 0.717. The van der Waals surface area contributed by atoms with E-state index in [1.54, 1.807) is 25.2 Å². The van der Waals surface area contributed by atoms with Crippen molar-refractivity contribution in [3.05, 3.63) is 63.3 Å². The number of nitrogens with one attached hydrogen (secondary N) is 1. The smallest absolute Gasteiger partial charge is 0.274 e. The Morgan fingerprint density at radius 3 is 2.71 bits per heavy atom. The fraction of sp³-hybridized carbons (Fsp3) is 0.167. The Balaban J connectivity index is 2.09. The van der Waals surface area contributed by atoms with E-state index in [0.29, 0.717) is 27.0 Å². The number of hydrogen-bond donors (Lipinski definition) is 2. The molecule has 0 aliphatic rings. The third-order valence-electron chi connectivity index (χ3n) is 4.03. The van der Waals surface area contributed by atoms with Crippen molar-refractivity contribution in [1.82, 2.24) is 4.98 Å². The van der Waals surface area contributed by atoms with Gasteiger partial charge in [-0.1, -0.05) is 40.9 Å². The normalized spacial score (nSPS) is 11.0. The Hall–Kier alpha value is -2.01. The van der Waals surface area contributed by atoms with E-state index in [4.69, 9.17) is 23.2 Å². The summed E-state index contributed by atoms with van der Waals surface area (Å²) in [5.74, 6) is -0.294. The van der Waals surface area contributed by atoms with Gasteiger partial charge in [-0.05, 0) is 31.2 Å². The van der Waals surface area contributed by atoms with Gasteiger partial charge in [0, 0.05) is 23.5 Å². The predicted octanol–water partition coefficient (Wildman–Crippen LogP) is 4.55. The van der Waals surface area contributed by atoms with Crippen LogP contribution < -0.4 is 4.90 Å². The minimum absolute atomic E-state index is 0.234. The third kappa shape index (κ3) is 2.77. The number of H-pyrrole nitrogens is 1. The Kier molecular flexibility index (Phi) is 4.54. The van der Waals surface area contributed by atoms with E-state index in [0.717, 1.165) is 16.5 Å². The van der Waals surface area contributed by atoms with Crippen LogP contribution in [0.2, 0.25) is 10.0 Å². The van der Waals surface area contributed by atoms with Gasteiger partial charge in [-0.3, -0.25) is 4.79 Å². The lowest BCUT2D eigenvalue weighted by Gasteiger charge is -2.19. The molecule has 0 unspecified atom stereocenters. The highest BCUT2D eigenvalue weighted by Gasteiger charge is 2.23. The van der Waals surface area contributed by atoms with Crippen molar-refractivity contribution in [2.45, 2.75) is 13.5 Å². The molecule has 3 aromatic rings. The largest absolute Gasteiger partial charge is 0.392 e. The number of aromatic amines is 1. The molecule has 6 heteroatoms. The van der Waals surface area contributed by atoms with E-state index >= 15 is 0 Å². The number of aliphatic hydroxyl groups excluding tert-OH is 1. The van der Waals surface area contributed by atoms with Crippen LogP contribution in [0, 0.1) is 6.92 Å². The SMILES string of the molecule is Cc1ccc2[nH]c(C(=O)N(C)c3cccc(Cl)c3Cl)c(CO)c2c1. The van der Waals surface area contributed by atoms with E-state index in [2.05, 4.69) is 4.98 Å². The first-order valence-corrected chi connectivity index (χ1v) is 8.13. The lowest BCUT2D eigenvalue weighted by atomic mass is 10.1. The molecule has 0 fully saturated rings. The van der Waals surface area contributed by atoms with Crippen molar-refractivity contribution >= 4 is 45.7 Å². The van der Waals surface area contributed by atoms with E-state index in [1.807, 2.05) is 25.1 Å². The molecule has 3 rings (SSSR count). The maximum atomic E-state index is 12.9. The van der Waals surface area contributed by atoms with Crippen LogP contribution in [0.15, 0.2) is 36.4 Å². The molecule has 0 atom stereocenters. The number of aliphatic hydroxyl groups is 1. The number of aryl methyl sites for hydroxylation is 1. The molecule has 4 nitrogen and oxygen atoms in total. The summed E-state index contributed by atoms with van der Waals surface area (Å²) in [7, 11) is 1.62. The van der Waals surface area contributed by atoms with Crippen LogP contribution in [0.1, 0.15) is 21.6 Å². The first kappa shape index (κ1) is 16.8. The number of hydrogen-bond acceptors (Lipinski definition) is 2. The van der Waals surface area contributed by atoms with Crippen molar-refractivity contribution in [1.29, 1.82) is 0 Å². The third-order valence-corrected chi connectivity index (χ3v) is 4.84. The molecule has 0 saturated heterocycles. The average Bonchev–Trinajstić information content (AvgIpc) is 2.93. The van der Waals surface area contributed by atoms with Crippen LogP contribution in [-0.2, 0) is 6.61 Å². The number of carbonyl (C=O) groups is 1. The van der Waals surface area contributed by atoms with Crippen LogP contribution in [0.3, 0.4) is 0 Å². The zero-order chi connectivity index (χ0) is 17.4. The van der Waals surface area contributed by atoms with Gasteiger partial charge in [0.2, 0.25) is 0 Å². The zero-order valence-corrected chi connectivity index (χ0v) is 14.7. The number of halogens is 2. The topological polar surface area (TPSA) is 56.3 Å². The molecule has 0 saturated carbocycles. The molecule has 2 N–H and O–H groups in total. The number of amides is 1. The summed E-state index contributed by atoms with van der Waals surface area (Å²) in [5.41, 5.74) is 3.29. The predicted molar refractivity (Wildman–Crippen MR) is 98.2 cm³/mol. The van der Waals surface area contributed by atoms with Gasteiger partial charge in [-0.15, -0.1) is 0 Å². The molecular formula is C18H16Cl2N2O2. The summed E-state index contributed by atoms with van der Waals surface area (Å²) >= 11 is 12.2. The molecule has 1 heterocycles. The summed E-state index contributed by atoms with van der Waals surface area (Å²) < 4.78 is 0. The summed E-state index contributed by atoms with van der Waals surface area (Å²) in [6.45, 7) is 1.73. The fourth-order valence-electron chi connectivity index (χ4n) is 2.74. The van der Waals surface area contributed by atoms with Crippen molar-refractivity contribution in [2.24, 2.45) is 0 Å². The van der Waals surface area contributed by atoms with Gasteiger partial charge >= 0.3 is 0 Å². The molecule has 1 aromatic heterocycles. The number of aromatic nitrogens is 1. The van der Waals surface area contributed by atoms with Crippen LogP contribution in [0.4, 0.5) is 5.69 Å². The highest BCUT2D eigenvalue weighted by molar-refractivity contribution is 6.44. The summed E-state index contributed by atoms with van der Waals surface area (Å²) in [4.78, 5) is 17.4. The summed E-state index contributed by atoms with van der Waals surface area (Å²) in [5, 5.41) is 11.3. The molecule has 0 aliphatic heterocycles. The Morgan fingerprint density at radius 2 is 2.00 bits per heavy atom. The maximum absolute atomic E-state index is 12.9. The zero-order valence-electron chi connectivity index (χ0n) is 13.2. The van der Waals surface area contributed by atoms with E-state index in [-0.39, 0.29) is 12.5 Å². The van der Waals surface area contributed by atoms with Crippen molar-refractivity contribution in [3.8, 4) is 0 Å². The van der Waals surface area contributed by atoms with Crippen LogP contribution in [0.5, 0.6) is 0 Å². The maximum Gasteiger partial charge on any atom is 0.274 e. The van der Waals surface area contributed by atoms with Gasteiger partial charge in [0.05, 0.1) is 22.3 Å². The van der Waals surface area contributed by atoms with E-state index in [9.17, 15) is 9.90 Å². The molecule has 0 aliphatic carbocycles. The average molecular weight is 363 g/mol. The molecular weight excluding hydrogens is 347 g/mol.